The number of likely N-dealkylation sites (tertiary alicyclic amines) is 1. The molecule has 0 aliphatic carbocycles. The zero-order chi connectivity index (χ0) is 12.5. The average molecular weight is 238 g/mol. The van der Waals surface area contributed by atoms with E-state index in [1.807, 2.05) is 43.1 Å². The summed E-state index contributed by atoms with van der Waals surface area (Å²) >= 11 is 0. The fourth-order valence-corrected chi connectivity index (χ4v) is 2.50. The molecular weight excluding hydrogens is 223 g/mol. The van der Waals surface area contributed by atoms with Crippen LogP contribution in [0, 0.1) is 0 Å². The number of amides is 1. The van der Waals surface area contributed by atoms with Gasteiger partial charge in [-0.25, -0.2) is 4.98 Å². The Morgan fingerprint density at radius 2 is 1.94 bits per heavy atom. The van der Waals surface area contributed by atoms with Gasteiger partial charge in [-0.15, -0.1) is 0 Å². The first-order valence-corrected chi connectivity index (χ1v) is 6.41. The Balaban J connectivity index is 2.02. The number of carbonyl (C=O) groups excluding carboxylic acids is 1. The molecule has 1 aromatic carbocycles. The molecule has 0 saturated carbocycles. The van der Waals surface area contributed by atoms with Crippen molar-refractivity contribution in [3.8, 4) is 0 Å². The van der Waals surface area contributed by atoms with Crippen LogP contribution in [0.2, 0.25) is 0 Å². The second kappa shape index (κ2) is 4.44. The minimum atomic E-state index is 0.0673. The number of nitrogens with zero attached hydrogens (tertiary/aromatic N) is 2. The number of pyridine rings is 1. The lowest BCUT2D eigenvalue weighted by molar-refractivity contribution is 0.0787. The molecule has 1 fully saturated rings. The Morgan fingerprint density at radius 3 is 2.72 bits per heavy atom. The van der Waals surface area contributed by atoms with E-state index in [4.69, 9.17) is 0 Å². The first-order valence-electron chi connectivity index (χ1n) is 6.41. The monoisotopic (exact) mass is 238 g/mol. The molecule has 1 saturated heterocycles. The fourth-order valence-electron chi connectivity index (χ4n) is 2.50. The maximum atomic E-state index is 12.3. The van der Waals surface area contributed by atoms with Crippen LogP contribution in [0.15, 0.2) is 30.3 Å². The predicted octanol–water partition coefficient (Wildman–Crippen LogP) is 0.729. The van der Waals surface area contributed by atoms with Crippen LogP contribution in [-0.2, 0) is 0 Å². The van der Waals surface area contributed by atoms with E-state index >= 15 is 0 Å². The highest BCUT2D eigenvalue weighted by Gasteiger charge is 2.20. The number of fused-ring (bicyclic) bond motifs is 1. The molecule has 18 heavy (non-hydrogen) atoms. The molecule has 2 heterocycles. The summed E-state index contributed by atoms with van der Waals surface area (Å²) < 4.78 is 0. The van der Waals surface area contributed by atoms with Gasteiger partial charge in [0.05, 0.1) is 5.52 Å². The third kappa shape index (κ3) is 1.88. The van der Waals surface area contributed by atoms with E-state index in [-0.39, 0.29) is 5.91 Å². The second-order valence-corrected chi connectivity index (χ2v) is 4.84. The molecule has 0 bridgehead atoms. The standard InChI is InChI=1S/C14H15BN2O/c15-11-5-3-4-10-6-7-12(16-13(10)11)14(18)17-8-1-2-9-17/h3-7H,1-2,8-9,15H2. The first kappa shape index (κ1) is 11.3. The maximum absolute atomic E-state index is 12.3. The molecule has 3 rings (SSSR count). The quantitative estimate of drug-likeness (QED) is 0.686. The van der Waals surface area contributed by atoms with Crippen molar-refractivity contribution < 1.29 is 4.79 Å². The second-order valence-electron chi connectivity index (χ2n) is 4.84. The van der Waals surface area contributed by atoms with Crippen molar-refractivity contribution in [2.45, 2.75) is 12.8 Å². The van der Waals surface area contributed by atoms with E-state index in [0.29, 0.717) is 5.69 Å². The number of aromatic nitrogens is 1. The van der Waals surface area contributed by atoms with Gasteiger partial charge in [0.1, 0.15) is 13.5 Å². The molecule has 3 nitrogen and oxygen atoms in total. The Hall–Kier alpha value is -1.84. The van der Waals surface area contributed by atoms with Gasteiger partial charge in [0.15, 0.2) is 0 Å². The van der Waals surface area contributed by atoms with Crippen LogP contribution < -0.4 is 5.46 Å². The Kier molecular flexibility index (Phi) is 2.78. The number of carbonyl (C=O) groups is 1. The van der Waals surface area contributed by atoms with E-state index in [1.165, 1.54) is 0 Å². The van der Waals surface area contributed by atoms with Crippen LogP contribution in [0.5, 0.6) is 0 Å². The van der Waals surface area contributed by atoms with E-state index in [9.17, 15) is 4.79 Å². The summed E-state index contributed by atoms with van der Waals surface area (Å²) in [6.45, 7) is 1.73. The lowest BCUT2D eigenvalue weighted by Crippen LogP contribution is -2.28. The van der Waals surface area contributed by atoms with Crippen LogP contribution >= 0.6 is 0 Å². The molecule has 0 radical (unpaired) electrons. The summed E-state index contributed by atoms with van der Waals surface area (Å²) in [4.78, 5) is 18.7. The molecule has 0 atom stereocenters. The normalized spacial score (nSPS) is 15.2. The van der Waals surface area contributed by atoms with Crippen molar-refractivity contribution in [3.05, 3.63) is 36.0 Å². The first-order chi connectivity index (χ1) is 8.75. The van der Waals surface area contributed by atoms with E-state index in [0.717, 1.165) is 42.3 Å². The maximum Gasteiger partial charge on any atom is 0.272 e. The van der Waals surface area contributed by atoms with Crippen molar-refractivity contribution >= 4 is 30.1 Å². The molecule has 4 heteroatoms. The van der Waals surface area contributed by atoms with Gasteiger partial charge < -0.3 is 4.90 Å². The Labute approximate surface area is 107 Å². The smallest absolute Gasteiger partial charge is 0.272 e. The summed E-state index contributed by atoms with van der Waals surface area (Å²) in [5.41, 5.74) is 2.62. The van der Waals surface area contributed by atoms with Gasteiger partial charge in [0.25, 0.3) is 5.91 Å². The van der Waals surface area contributed by atoms with Crippen LogP contribution in [0.1, 0.15) is 23.3 Å². The van der Waals surface area contributed by atoms with Crippen molar-refractivity contribution in [2.75, 3.05) is 13.1 Å². The summed E-state index contributed by atoms with van der Waals surface area (Å²) in [6.07, 6.45) is 2.22. The third-order valence-corrected chi connectivity index (χ3v) is 3.53. The molecule has 1 aliphatic rings. The minimum absolute atomic E-state index is 0.0673. The zero-order valence-corrected chi connectivity index (χ0v) is 10.5. The number of benzene rings is 1. The van der Waals surface area contributed by atoms with Crippen molar-refractivity contribution in [1.29, 1.82) is 0 Å². The Morgan fingerprint density at radius 1 is 1.17 bits per heavy atom. The van der Waals surface area contributed by atoms with Gasteiger partial charge in [0.2, 0.25) is 0 Å². The minimum Gasteiger partial charge on any atom is -0.337 e. The summed E-state index contributed by atoms with van der Waals surface area (Å²) in [5.74, 6) is 0.0673. The third-order valence-electron chi connectivity index (χ3n) is 3.53. The van der Waals surface area contributed by atoms with Crippen molar-refractivity contribution in [1.82, 2.24) is 9.88 Å². The molecule has 0 N–H and O–H groups in total. The molecule has 0 spiro atoms. The molecule has 1 aromatic heterocycles. The van der Waals surface area contributed by atoms with Crippen LogP contribution in [0.4, 0.5) is 0 Å². The largest absolute Gasteiger partial charge is 0.337 e. The summed E-state index contributed by atoms with van der Waals surface area (Å²) in [7, 11) is 2.03. The van der Waals surface area contributed by atoms with Crippen molar-refractivity contribution in [2.24, 2.45) is 0 Å². The molecule has 1 aliphatic heterocycles. The number of hydrogen-bond donors (Lipinski definition) is 0. The fraction of sp³-hybridized carbons (Fsp3) is 0.286. The number of para-hydroxylation sites is 1. The average Bonchev–Trinajstić information content (AvgIpc) is 2.92. The van der Waals surface area contributed by atoms with Crippen LogP contribution in [-0.4, -0.2) is 36.7 Å². The Bertz CT molecular complexity index is 606. The number of hydrogen-bond acceptors (Lipinski definition) is 2. The lowest BCUT2D eigenvalue weighted by atomic mass is 9.93. The SMILES string of the molecule is Bc1cccc2ccc(C(=O)N3CCCC3)nc12. The molecule has 90 valence electrons. The topological polar surface area (TPSA) is 33.2 Å². The van der Waals surface area contributed by atoms with E-state index < -0.39 is 0 Å². The van der Waals surface area contributed by atoms with Crippen LogP contribution in [0.25, 0.3) is 10.9 Å². The highest BCUT2D eigenvalue weighted by molar-refractivity contribution is 6.38. The lowest BCUT2D eigenvalue weighted by Gasteiger charge is -2.15. The number of rotatable bonds is 1. The highest BCUT2D eigenvalue weighted by atomic mass is 16.2. The van der Waals surface area contributed by atoms with Gasteiger partial charge in [0, 0.05) is 13.1 Å². The van der Waals surface area contributed by atoms with E-state index in [1.54, 1.807) is 0 Å². The van der Waals surface area contributed by atoms with Gasteiger partial charge >= 0.3 is 0 Å². The molecular formula is C14H15BN2O. The summed E-state index contributed by atoms with van der Waals surface area (Å²) in [6, 6.07) is 9.89. The molecule has 1 amide bonds. The van der Waals surface area contributed by atoms with Gasteiger partial charge in [-0.2, -0.15) is 0 Å². The van der Waals surface area contributed by atoms with Crippen LogP contribution in [0.3, 0.4) is 0 Å². The van der Waals surface area contributed by atoms with Gasteiger partial charge in [-0.3, -0.25) is 4.79 Å². The van der Waals surface area contributed by atoms with E-state index in [2.05, 4.69) is 4.98 Å². The molecule has 0 unspecified atom stereocenters. The molecule has 2 aromatic rings. The highest BCUT2D eigenvalue weighted by Crippen LogP contribution is 2.14. The van der Waals surface area contributed by atoms with Gasteiger partial charge in [-0.05, 0) is 24.3 Å². The van der Waals surface area contributed by atoms with Gasteiger partial charge in [-0.1, -0.05) is 29.7 Å². The predicted molar refractivity (Wildman–Crippen MR) is 75.1 cm³/mol. The van der Waals surface area contributed by atoms with Crippen molar-refractivity contribution in [3.63, 3.8) is 0 Å². The summed E-state index contributed by atoms with van der Waals surface area (Å²) in [5, 5.41) is 1.09. The zero-order valence-electron chi connectivity index (χ0n) is 10.5.